The van der Waals surface area contributed by atoms with Crippen molar-refractivity contribution >= 4 is 21.7 Å². The maximum atomic E-state index is 14.0. The minimum absolute atomic E-state index is 0.0170. The average molecular weight is 633 g/mol. The van der Waals surface area contributed by atoms with Gasteiger partial charge in [0.2, 0.25) is 11.8 Å². The first-order valence-electron chi connectivity index (χ1n) is 16.6. The molecule has 248 valence electrons. The summed E-state index contributed by atoms with van der Waals surface area (Å²) in [5.41, 5.74) is 0.582. The van der Waals surface area contributed by atoms with Crippen molar-refractivity contribution in [2.45, 2.75) is 121 Å². The molecule has 1 aromatic rings. The highest BCUT2D eigenvalue weighted by Gasteiger charge is 2.45. The summed E-state index contributed by atoms with van der Waals surface area (Å²) in [5, 5.41) is 21.3. The van der Waals surface area contributed by atoms with E-state index < -0.39 is 38.7 Å². The number of hydrogen-bond acceptors (Lipinski definition) is 7. The Hall–Kier alpha value is -2.01. The van der Waals surface area contributed by atoms with Gasteiger partial charge in [-0.25, -0.2) is 8.42 Å². The average Bonchev–Trinajstić information content (AvgIpc) is 3.76. The number of sulfone groups is 1. The molecule has 0 spiro atoms. The van der Waals surface area contributed by atoms with E-state index in [0.717, 1.165) is 44.2 Å². The third-order valence-corrected chi connectivity index (χ3v) is 12.2. The molecule has 9 nitrogen and oxygen atoms in total. The monoisotopic (exact) mass is 632 g/mol. The Morgan fingerprint density at radius 3 is 2.23 bits per heavy atom. The van der Waals surface area contributed by atoms with Gasteiger partial charge in [-0.2, -0.15) is 0 Å². The molecule has 4 N–H and O–H groups in total. The molecule has 44 heavy (non-hydrogen) atoms. The van der Waals surface area contributed by atoms with Crippen molar-refractivity contribution in [2.75, 3.05) is 25.9 Å². The number of likely N-dealkylation sites (tertiary alicyclic amines) is 1. The van der Waals surface area contributed by atoms with Crippen LogP contribution in [0.1, 0.15) is 85.1 Å². The van der Waals surface area contributed by atoms with Crippen LogP contribution in [0.3, 0.4) is 0 Å². The van der Waals surface area contributed by atoms with Gasteiger partial charge in [-0.1, -0.05) is 49.6 Å². The van der Waals surface area contributed by atoms with Gasteiger partial charge in [0.15, 0.2) is 9.84 Å². The van der Waals surface area contributed by atoms with E-state index in [1.165, 1.54) is 19.1 Å². The number of β-amino-alcohol motifs (C(OH)–C–C–N with tert-alkyl or cyclic N) is 1. The number of nitrogens with one attached hydrogen (secondary N) is 3. The van der Waals surface area contributed by atoms with Crippen LogP contribution >= 0.6 is 0 Å². The summed E-state index contributed by atoms with van der Waals surface area (Å²) in [6.45, 7) is 10.7. The Balaban J connectivity index is 1.57. The lowest BCUT2D eigenvalue weighted by atomic mass is 9.72. The smallest absolute Gasteiger partial charge is 0.239 e. The van der Waals surface area contributed by atoms with E-state index in [-0.39, 0.29) is 24.0 Å². The number of carbonyl (C=O) groups excluding carboxylic acids is 2. The third kappa shape index (κ3) is 9.27. The largest absolute Gasteiger partial charge is 0.390 e. The predicted molar refractivity (Wildman–Crippen MR) is 175 cm³/mol. The summed E-state index contributed by atoms with van der Waals surface area (Å²) in [7, 11) is -3.59. The minimum Gasteiger partial charge on any atom is -0.390 e. The number of hydrogen-bond donors (Lipinski definition) is 4. The van der Waals surface area contributed by atoms with Gasteiger partial charge in [0.1, 0.15) is 6.04 Å². The number of benzene rings is 1. The lowest BCUT2D eigenvalue weighted by Gasteiger charge is -2.47. The molecule has 2 saturated carbocycles. The molecule has 3 fully saturated rings. The van der Waals surface area contributed by atoms with Crippen LogP contribution in [0.4, 0.5) is 0 Å². The van der Waals surface area contributed by atoms with Crippen molar-refractivity contribution in [3.05, 3.63) is 35.9 Å². The summed E-state index contributed by atoms with van der Waals surface area (Å²) in [4.78, 5) is 29.7. The molecule has 10 heteroatoms. The molecule has 2 unspecified atom stereocenters. The van der Waals surface area contributed by atoms with Crippen LogP contribution < -0.4 is 16.0 Å². The fraction of sp³-hybridized carbons (Fsp3) is 0.765. The van der Waals surface area contributed by atoms with Gasteiger partial charge in [-0.3, -0.25) is 14.5 Å². The van der Waals surface area contributed by atoms with Crippen LogP contribution in [0.2, 0.25) is 0 Å². The lowest BCUT2D eigenvalue weighted by molar-refractivity contribution is -0.133. The van der Waals surface area contributed by atoms with E-state index in [2.05, 4.69) is 20.9 Å². The van der Waals surface area contributed by atoms with E-state index in [1.54, 1.807) is 13.8 Å². The first-order chi connectivity index (χ1) is 20.5. The first-order valence-corrected chi connectivity index (χ1v) is 18.5. The maximum absolute atomic E-state index is 14.0. The van der Waals surface area contributed by atoms with Crippen molar-refractivity contribution in [3.8, 4) is 0 Å². The topological polar surface area (TPSA) is 128 Å². The Bertz CT molecular complexity index is 1230. The number of aliphatic hydroxyl groups excluding tert-OH is 1. The fourth-order valence-corrected chi connectivity index (χ4v) is 7.51. The first kappa shape index (κ1) is 34.9. The summed E-state index contributed by atoms with van der Waals surface area (Å²) < 4.78 is 24.3. The van der Waals surface area contributed by atoms with Gasteiger partial charge in [-0.15, -0.1) is 0 Å². The number of piperidine rings is 1. The standard InChI is InChI=1S/C34H56N4O5S/c1-33(2,3)37-31(40)28-19-25-14-10-11-15-26(25)21-38(28)22-29(39)27(18-23-12-8-7-9-13-23)36-32(41)30(35-20-24-16-17-24)34(4,5)44(6,42)43/h7-9,12-13,24-30,35,39H,10-11,14-22H2,1-6H3,(H,36,41)(H,37,40)/t25?,26?,27-,28-,29+,30+/m0/s1. The van der Waals surface area contributed by atoms with Gasteiger partial charge >= 0.3 is 0 Å². The molecule has 2 aliphatic carbocycles. The number of aliphatic hydroxyl groups is 1. The number of carbonyl (C=O) groups is 2. The summed E-state index contributed by atoms with van der Waals surface area (Å²) in [5.74, 6) is 0.989. The molecule has 0 bridgehead atoms. The van der Waals surface area contributed by atoms with Crippen molar-refractivity contribution in [3.63, 3.8) is 0 Å². The highest BCUT2D eigenvalue weighted by molar-refractivity contribution is 7.92. The molecular weight excluding hydrogens is 576 g/mol. The Kier molecular flexibility index (Phi) is 11.2. The quantitative estimate of drug-likeness (QED) is 0.263. The van der Waals surface area contributed by atoms with Crippen LogP contribution in [-0.2, 0) is 25.8 Å². The van der Waals surface area contributed by atoms with Gasteiger partial charge in [0.25, 0.3) is 0 Å². The second-order valence-corrected chi connectivity index (χ2v) is 17.9. The van der Waals surface area contributed by atoms with Crippen molar-refractivity contribution in [2.24, 2.45) is 17.8 Å². The molecule has 0 radical (unpaired) electrons. The predicted octanol–water partition coefficient (Wildman–Crippen LogP) is 3.06. The van der Waals surface area contributed by atoms with Crippen molar-refractivity contribution < 1.29 is 23.1 Å². The van der Waals surface area contributed by atoms with Crippen molar-refractivity contribution in [1.29, 1.82) is 0 Å². The zero-order valence-electron chi connectivity index (χ0n) is 27.6. The van der Waals surface area contributed by atoms with E-state index >= 15 is 0 Å². The molecule has 1 aliphatic heterocycles. The molecule has 1 aromatic carbocycles. The molecule has 1 heterocycles. The molecule has 4 rings (SSSR count). The maximum Gasteiger partial charge on any atom is 0.239 e. The Morgan fingerprint density at radius 1 is 1.00 bits per heavy atom. The molecule has 3 aliphatic rings. The van der Waals surface area contributed by atoms with Crippen LogP contribution in [0.5, 0.6) is 0 Å². The van der Waals surface area contributed by atoms with Gasteiger partial charge in [-0.05, 0) is 96.6 Å². The van der Waals surface area contributed by atoms with Crippen LogP contribution in [-0.4, -0.2) is 90.6 Å². The van der Waals surface area contributed by atoms with Gasteiger partial charge in [0.05, 0.1) is 22.9 Å². The molecule has 2 amide bonds. The van der Waals surface area contributed by atoms with Crippen molar-refractivity contribution in [1.82, 2.24) is 20.9 Å². The number of amides is 2. The number of fused-ring (bicyclic) bond motifs is 1. The number of rotatable bonds is 13. The second-order valence-electron chi connectivity index (χ2n) is 15.3. The normalized spacial score (nSPS) is 25.4. The summed E-state index contributed by atoms with van der Waals surface area (Å²) >= 11 is 0. The summed E-state index contributed by atoms with van der Waals surface area (Å²) in [6, 6.07) is 7.68. The zero-order valence-corrected chi connectivity index (χ0v) is 28.5. The van der Waals surface area contributed by atoms with E-state index in [9.17, 15) is 23.1 Å². The third-order valence-electron chi connectivity index (χ3n) is 10.0. The van der Waals surface area contributed by atoms with Gasteiger partial charge < -0.3 is 21.1 Å². The molecule has 0 aromatic heterocycles. The fourth-order valence-electron chi connectivity index (χ4n) is 6.89. The van der Waals surface area contributed by atoms with Crippen LogP contribution in [0.15, 0.2) is 30.3 Å². The van der Waals surface area contributed by atoms with Crippen LogP contribution in [0, 0.1) is 17.8 Å². The number of nitrogens with zero attached hydrogens (tertiary/aromatic N) is 1. The van der Waals surface area contributed by atoms with E-state index in [0.29, 0.717) is 30.7 Å². The second kappa shape index (κ2) is 14.2. The highest BCUT2D eigenvalue weighted by Crippen LogP contribution is 2.39. The Morgan fingerprint density at radius 2 is 1.64 bits per heavy atom. The zero-order chi connectivity index (χ0) is 32.3. The van der Waals surface area contributed by atoms with Gasteiger partial charge in [0, 0.05) is 24.9 Å². The summed E-state index contributed by atoms with van der Waals surface area (Å²) in [6.07, 6.45) is 8.12. The molecule has 6 atom stereocenters. The minimum atomic E-state index is -3.59. The molecular formula is C34H56N4O5S. The van der Waals surface area contributed by atoms with Crippen LogP contribution in [0.25, 0.3) is 0 Å². The Labute approximate surface area is 265 Å². The van der Waals surface area contributed by atoms with E-state index in [1.807, 2.05) is 51.1 Å². The van der Waals surface area contributed by atoms with E-state index in [4.69, 9.17) is 0 Å². The highest BCUT2D eigenvalue weighted by atomic mass is 32.2. The molecule has 1 saturated heterocycles. The lowest BCUT2D eigenvalue weighted by Crippen LogP contribution is -2.63. The SMILES string of the molecule is CC(C)(C)NC(=O)[C@@H]1CC2CCCCC2CN1C[C@@H](O)[C@H](Cc1ccccc1)NC(=O)[C@@H](NCC1CC1)C(C)(C)S(C)(=O)=O.